The van der Waals surface area contributed by atoms with Gasteiger partial charge in [-0.3, -0.25) is 9.10 Å². The van der Waals surface area contributed by atoms with Crippen LogP contribution in [0.4, 0.5) is 10.2 Å². The lowest BCUT2D eigenvalue weighted by atomic mass is 9.79. The minimum absolute atomic E-state index is 0.158. The van der Waals surface area contributed by atoms with Crippen LogP contribution in [0.1, 0.15) is 81.1 Å². The van der Waals surface area contributed by atoms with Crippen molar-refractivity contribution in [3.05, 3.63) is 70.1 Å². The molecule has 1 aromatic carbocycles. The first-order chi connectivity index (χ1) is 20.0. The van der Waals surface area contributed by atoms with Crippen LogP contribution in [0.5, 0.6) is 0 Å². The highest BCUT2D eigenvalue weighted by molar-refractivity contribution is 7.92. The van der Waals surface area contributed by atoms with Gasteiger partial charge in [-0.1, -0.05) is 18.2 Å². The Balaban J connectivity index is 1.53. The number of nitrogens with zero attached hydrogens (tertiary/aromatic N) is 2. The number of amides is 1. The molecule has 43 heavy (non-hydrogen) atoms. The molecule has 1 aliphatic rings. The van der Waals surface area contributed by atoms with Gasteiger partial charge >= 0.3 is 7.12 Å². The second-order valence-electron chi connectivity index (χ2n) is 12.1. The van der Waals surface area contributed by atoms with Crippen LogP contribution in [0.2, 0.25) is 0 Å². The third-order valence-electron chi connectivity index (χ3n) is 8.19. The molecule has 0 unspecified atom stereocenters. The SMILES string of the molecule is CNC(=O)c1c(Cc2ccc(F)cc2)oc2nc(N(CCCC/C=C(\C)B3OC(C)(C)C(C)(C)O3)S(C)(=O)=O)c(C)cc12. The number of carbonyl (C=O) groups is 1. The van der Waals surface area contributed by atoms with Gasteiger partial charge in [-0.05, 0) is 95.6 Å². The predicted molar refractivity (Wildman–Crippen MR) is 167 cm³/mol. The number of furan rings is 1. The maximum Gasteiger partial charge on any atom is 0.489 e. The number of hydrogen-bond acceptors (Lipinski definition) is 7. The summed E-state index contributed by atoms with van der Waals surface area (Å²) in [6, 6.07) is 7.66. The average Bonchev–Trinajstić information content (AvgIpc) is 3.37. The molecule has 0 aliphatic carbocycles. The molecule has 232 valence electrons. The van der Waals surface area contributed by atoms with E-state index in [1.807, 2.05) is 34.6 Å². The highest BCUT2D eigenvalue weighted by Gasteiger charge is 2.51. The minimum Gasteiger partial charge on any atom is -0.441 e. The number of sulfonamides is 1. The molecule has 0 atom stereocenters. The van der Waals surface area contributed by atoms with E-state index in [9.17, 15) is 17.6 Å². The molecule has 1 amide bonds. The molecule has 1 aliphatic heterocycles. The summed E-state index contributed by atoms with van der Waals surface area (Å²) in [5.41, 5.74) is 1.99. The molecular weight excluding hydrogens is 572 g/mol. The summed E-state index contributed by atoms with van der Waals surface area (Å²) in [4.78, 5) is 17.5. The second-order valence-corrected chi connectivity index (χ2v) is 14.0. The third-order valence-corrected chi connectivity index (χ3v) is 9.35. The van der Waals surface area contributed by atoms with E-state index < -0.39 is 28.3 Å². The van der Waals surface area contributed by atoms with Gasteiger partial charge in [-0.25, -0.2) is 12.8 Å². The smallest absolute Gasteiger partial charge is 0.441 e. The molecule has 1 saturated heterocycles. The molecule has 0 radical (unpaired) electrons. The number of aromatic nitrogens is 1. The van der Waals surface area contributed by atoms with E-state index in [0.717, 1.165) is 30.1 Å². The number of anilines is 1. The number of allylic oxidation sites excluding steroid dienone is 2. The minimum atomic E-state index is -3.67. The fraction of sp³-hybridized carbons (Fsp3) is 0.484. The summed E-state index contributed by atoms with van der Waals surface area (Å²) in [6.45, 7) is 12.0. The zero-order chi connectivity index (χ0) is 31.7. The van der Waals surface area contributed by atoms with Crippen LogP contribution in [-0.4, -0.2) is 57.5 Å². The number of fused-ring (bicyclic) bond motifs is 1. The first-order valence-electron chi connectivity index (χ1n) is 14.4. The maximum absolute atomic E-state index is 13.4. The largest absolute Gasteiger partial charge is 0.489 e. The summed E-state index contributed by atoms with van der Waals surface area (Å²) in [7, 11) is -2.55. The van der Waals surface area contributed by atoms with Gasteiger partial charge in [-0.15, -0.1) is 0 Å². The van der Waals surface area contributed by atoms with Crippen LogP contribution in [-0.2, 0) is 25.8 Å². The van der Waals surface area contributed by atoms with Gasteiger partial charge in [0.1, 0.15) is 17.4 Å². The molecule has 0 spiro atoms. The van der Waals surface area contributed by atoms with Gasteiger partial charge in [-0.2, -0.15) is 4.98 Å². The zero-order valence-electron chi connectivity index (χ0n) is 26.2. The number of benzene rings is 1. The lowest BCUT2D eigenvalue weighted by Crippen LogP contribution is -2.41. The summed E-state index contributed by atoms with van der Waals surface area (Å²) < 4.78 is 58.8. The van der Waals surface area contributed by atoms with Crippen molar-refractivity contribution in [3.8, 4) is 0 Å². The molecule has 0 bridgehead atoms. The third kappa shape index (κ3) is 7.13. The lowest BCUT2D eigenvalue weighted by molar-refractivity contribution is 0.00578. The number of aryl methyl sites for hydroxylation is 1. The van der Waals surface area contributed by atoms with E-state index in [-0.39, 0.29) is 36.2 Å². The van der Waals surface area contributed by atoms with Gasteiger partial charge < -0.3 is 19.0 Å². The number of pyridine rings is 1. The second kappa shape index (κ2) is 12.4. The highest BCUT2D eigenvalue weighted by Crippen LogP contribution is 2.38. The first kappa shape index (κ1) is 32.7. The molecule has 3 aromatic rings. The number of unbranched alkanes of at least 4 members (excludes halogenated alkanes) is 2. The van der Waals surface area contributed by atoms with Crippen molar-refractivity contribution in [2.45, 2.75) is 78.4 Å². The Bertz CT molecular complexity index is 1620. The quantitative estimate of drug-likeness (QED) is 0.217. The van der Waals surface area contributed by atoms with E-state index in [1.54, 1.807) is 25.1 Å². The highest BCUT2D eigenvalue weighted by atomic mass is 32.2. The fourth-order valence-corrected chi connectivity index (χ4v) is 5.94. The van der Waals surface area contributed by atoms with Crippen molar-refractivity contribution in [3.63, 3.8) is 0 Å². The van der Waals surface area contributed by atoms with Crippen LogP contribution < -0.4 is 9.62 Å². The van der Waals surface area contributed by atoms with E-state index in [4.69, 9.17) is 13.7 Å². The first-order valence-corrected chi connectivity index (χ1v) is 16.3. The zero-order valence-corrected chi connectivity index (χ0v) is 27.0. The van der Waals surface area contributed by atoms with Crippen LogP contribution in [0.25, 0.3) is 11.1 Å². The van der Waals surface area contributed by atoms with Crippen LogP contribution >= 0.6 is 0 Å². The van der Waals surface area contributed by atoms with E-state index in [2.05, 4.69) is 16.4 Å². The Labute approximate surface area is 254 Å². The average molecular weight is 614 g/mol. The Morgan fingerprint density at radius 3 is 2.33 bits per heavy atom. The molecule has 1 fully saturated rings. The molecule has 1 N–H and O–H groups in total. The van der Waals surface area contributed by atoms with Gasteiger partial charge in [0.25, 0.3) is 5.91 Å². The van der Waals surface area contributed by atoms with Crippen LogP contribution in [0.3, 0.4) is 0 Å². The Kier molecular flexibility index (Phi) is 9.44. The van der Waals surface area contributed by atoms with Gasteiger partial charge in [0, 0.05) is 20.0 Å². The molecule has 0 saturated carbocycles. The van der Waals surface area contributed by atoms with Crippen molar-refractivity contribution in [1.29, 1.82) is 0 Å². The summed E-state index contributed by atoms with van der Waals surface area (Å²) >= 11 is 0. The summed E-state index contributed by atoms with van der Waals surface area (Å²) in [5.74, 6) is -0.100. The maximum atomic E-state index is 13.4. The number of carbonyl (C=O) groups excluding carboxylic acids is 1. The van der Waals surface area contributed by atoms with Crippen molar-refractivity contribution < 1.29 is 31.3 Å². The fourth-order valence-electron chi connectivity index (χ4n) is 4.98. The van der Waals surface area contributed by atoms with Gasteiger partial charge in [0.05, 0.1) is 28.4 Å². The van der Waals surface area contributed by atoms with Crippen molar-refractivity contribution >= 4 is 40.0 Å². The molecule has 4 rings (SSSR count). The van der Waals surface area contributed by atoms with Crippen LogP contribution in [0, 0.1) is 12.7 Å². The standard InChI is InChI=1S/C31H41BFN3O6S/c1-20-18-24-26(28(37)34-7)25(19-22-13-15-23(33)16-14-22)40-29(24)35-27(20)36(43(8,38)39)17-11-9-10-12-21(2)32-41-30(3,4)31(5,6)42-32/h12-16,18H,9-11,17,19H2,1-8H3,(H,34,37)/b21-12+. The predicted octanol–water partition coefficient (Wildman–Crippen LogP) is 5.74. The van der Waals surface area contributed by atoms with E-state index >= 15 is 0 Å². The summed E-state index contributed by atoms with van der Waals surface area (Å²) in [5, 5.41) is 3.12. The monoisotopic (exact) mass is 613 g/mol. The van der Waals surface area contributed by atoms with Gasteiger partial charge in [0.15, 0.2) is 0 Å². The molecule has 9 nitrogen and oxygen atoms in total. The number of hydrogen-bond donors (Lipinski definition) is 1. The number of halogens is 1. The molecular formula is C31H41BFN3O6S. The number of rotatable bonds is 11. The molecule has 3 heterocycles. The Morgan fingerprint density at radius 2 is 1.74 bits per heavy atom. The van der Waals surface area contributed by atoms with E-state index in [0.29, 0.717) is 28.7 Å². The van der Waals surface area contributed by atoms with Gasteiger partial charge in [0.2, 0.25) is 15.7 Å². The van der Waals surface area contributed by atoms with Crippen molar-refractivity contribution in [2.75, 3.05) is 24.2 Å². The topological polar surface area (TPSA) is 111 Å². The summed E-state index contributed by atoms with van der Waals surface area (Å²) in [6.07, 6.45) is 5.54. The Hall–Kier alpha value is -3.22. The Morgan fingerprint density at radius 1 is 1.12 bits per heavy atom. The molecule has 2 aromatic heterocycles. The lowest BCUT2D eigenvalue weighted by Gasteiger charge is -2.32. The van der Waals surface area contributed by atoms with Crippen molar-refractivity contribution in [2.24, 2.45) is 0 Å². The number of nitrogens with one attached hydrogen (secondary N) is 1. The normalized spacial score (nSPS) is 16.6. The van der Waals surface area contributed by atoms with E-state index in [1.165, 1.54) is 23.5 Å². The molecule has 12 heteroatoms. The van der Waals surface area contributed by atoms with Crippen LogP contribution in [0.15, 0.2) is 46.3 Å². The van der Waals surface area contributed by atoms with Crippen molar-refractivity contribution in [1.82, 2.24) is 10.3 Å².